The normalized spacial score (nSPS) is 14.2. The van der Waals surface area contributed by atoms with E-state index in [1.54, 1.807) is 10.7 Å². The predicted molar refractivity (Wildman–Crippen MR) is 109 cm³/mol. The van der Waals surface area contributed by atoms with E-state index in [1.807, 2.05) is 67.6 Å². The van der Waals surface area contributed by atoms with Gasteiger partial charge in [-0.1, -0.05) is 48.5 Å². The summed E-state index contributed by atoms with van der Waals surface area (Å²) in [6.45, 7) is 1.55. The van der Waals surface area contributed by atoms with E-state index >= 15 is 0 Å². The molecule has 1 N–H and O–H groups in total. The van der Waals surface area contributed by atoms with E-state index in [9.17, 15) is 9.59 Å². The highest BCUT2D eigenvalue weighted by Gasteiger charge is 2.29. The van der Waals surface area contributed by atoms with Crippen molar-refractivity contribution in [2.75, 3.05) is 6.61 Å². The Balaban J connectivity index is 1.42. The molecule has 6 nitrogen and oxygen atoms in total. The molecule has 1 fully saturated rings. The van der Waals surface area contributed by atoms with Crippen LogP contribution in [0.25, 0.3) is 5.69 Å². The summed E-state index contributed by atoms with van der Waals surface area (Å²) in [6.07, 6.45) is 2.17. The van der Waals surface area contributed by atoms with Gasteiger partial charge in [0.05, 0.1) is 17.4 Å². The molecule has 1 aliphatic carbocycles. The molecule has 2 aromatic carbocycles. The van der Waals surface area contributed by atoms with Gasteiger partial charge in [-0.25, -0.2) is 9.48 Å². The quantitative estimate of drug-likeness (QED) is 0.624. The first-order valence-corrected chi connectivity index (χ1v) is 9.78. The Bertz CT molecular complexity index is 995. The maximum atomic E-state index is 12.7. The van der Waals surface area contributed by atoms with Crippen LogP contribution in [-0.4, -0.2) is 28.3 Å². The number of ether oxygens (including phenoxy) is 1. The first-order valence-electron chi connectivity index (χ1n) is 9.78. The second-order valence-electron chi connectivity index (χ2n) is 7.25. The van der Waals surface area contributed by atoms with Crippen molar-refractivity contribution in [2.24, 2.45) is 0 Å². The van der Waals surface area contributed by atoms with Crippen LogP contribution in [0.15, 0.2) is 66.7 Å². The van der Waals surface area contributed by atoms with Crippen molar-refractivity contribution in [3.63, 3.8) is 0 Å². The largest absolute Gasteiger partial charge is 0.451 e. The molecular formula is C23H23N3O3. The summed E-state index contributed by atoms with van der Waals surface area (Å²) in [4.78, 5) is 24.9. The van der Waals surface area contributed by atoms with E-state index in [0.29, 0.717) is 11.6 Å². The Morgan fingerprint density at radius 3 is 2.41 bits per heavy atom. The van der Waals surface area contributed by atoms with Gasteiger partial charge in [-0.15, -0.1) is 0 Å². The van der Waals surface area contributed by atoms with Crippen LogP contribution in [0.4, 0.5) is 0 Å². The predicted octanol–water partition coefficient (Wildman–Crippen LogP) is 3.78. The molecule has 6 heteroatoms. The fourth-order valence-corrected chi connectivity index (χ4v) is 3.20. The van der Waals surface area contributed by atoms with Crippen molar-refractivity contribution >= 4 is 11.9 Å². The number of amides is 1. The van der Waals surface area contributed by atoms with Crippen LogP contribution in [-0.2, 0) is 9.53 Å². The van der Waals surface area contributed by atoms with Crippen molar-refractivity contribution in [1.29, 1.82) is 0 Å². The fraction of sp³-hybridized carbons (Fsp3) is 0.261. The van der Waals surface area contributed by atoms with Crippen molar-refractivity contribution < 1.29 is 14.3 Å². The summed E-state index contributed by atoms with van der Waals surface area (Å²) in [5.41, 5.74) is 3.00. The standard InChI is InChI=1S/C23H23N3O3/c1-16(17-8-4-2-5-9-17)24-22(27)15-29-23(28)21-14-20(18-12-13-18)25-26(21)19-10-6-3-7-11-19/h2-11,14,16,18H,12-13,15H2,1H3,(H,24,27). The average molecular weight is 389 g/mol. The second kappa shape index (κ2) is 8.31. The highest BCUT2D eigenvalue weighted by Crippen LogP contribution is 2.39. The Hall–Kier alpha value is -3.41. The maximum Gasteiger partial charge on any atom is 0.357 e. The molecule has 1 aliphatic rings. The molecule has 3 aromatic rings. The number of para-hydroxylation sites is 1. The van der Waals surface area contributed by atoms with Gasteiger partial charge >= 0.3 is 5.97 Å². The zero-order valence-corrected chi connectivity index (χ0v) is 16.2. The van der Waals surface area contributed by atoms with Gasteiger partial charge < -0.3 is 10.1 Å². The molecule has 1 atom stereocenters. The first-order chi connectivity index (χ1) is 14.1. The number of benzene rings is 2. The Labute approximate surface area is 169 Å². The SMILES string of the molecule is CC(NC(=O)COC(=O)c1cc(C2CC2)nn1-c1ccccc1)c1ccccc1. The monoisotopic (exact) mass is 389 g/mol. The van der Waals surface area contributed by atoms with Crippen molar-refractivity contribution in [3.8, 4) is 5.69 Å². The number of aromatic nitrogens is 2. The average Bonchev–Trinajstić information content (AvgIpc) is 3.51. The third-order valence-electron chi connectivity index (χ3n) is 4.95. The van der Waals surface area contributed by atoms with E-state index in [-0.39, 0.29) is 18.6 Å². The highest BCUT2D eigenvalue weighted by molar-refractivity contribution is 5.90. The third-order valence-corrected chi connectivity index (χ3v) is 4.95. The fourth-order valence-electron chi connectivity index (χ4n) is 3.20. The van der Waals surface area contributed by atoms with Crippen LogP contribution in [0.3, 0.4) is 0 Å². The van der Waals surface area contributed by atoms with Crippen molar-refractivity contribution in [2.45, 2.75) is 31.7 Å². The number of nitrogens with one attached hydrogen (secondary N) is 1. The molecule has 1 saturated carbocycles. The zero-order valence-electron chi connectivity index (χ0n) is 16.2. The van der Waals surface area contributed by atoms with Gasteiger partial charge in [0, 0.05) is 5.92 Å². The maximum absolute atomic E-state index is 12.7. The molecule has 1 heterocycles. The van der Waals surface area contributed by atoms with E-state index in [1.165, 1.54) is 0 Å². The lowest BCUT2D eigenvalue weighted by molar-refractivity contribution is -0.124. The molecular weight excluding hydrogens is 366 g/mol. The molecule has 0 saturated heterocycles. The molecule has 4 rings (SSSR count). The minimum absolute atomic E-state index is 0.168. The van der Waals surface area contributed by atoms with Gasteiger partial charge in [-0.05, 0) is 43.5 Å². The summed E-state index contributed by atoms with van der Waals surface area (Å²) >= 11 is 0. The van der Waals surface area contributed by atoms with Crippen LogP contribution >= 0.6 is 0 Å². The van der Waals surface area contributed by atoms with Crippen LogP contribution in [0.5, 0.6) is 0 Å². The molecule has 1 aromatic heterocycles. The topological polar surface area (TPSA) is 73.2 Å². The number of carbonyl (C=O) groups is 2. The minimum atomic E-state index is -0.559. The van der Waals surface area contributed by atoms with Crippen molar-refractivity contribution in [3.05, 3.63) is 83.7 Å². The van der Waals surface area contributed by atoms with Crippen molar-refractivity contribution in [1.82, 2.24) is 15.1 Å². The van der Waals surface area contributed by atoms with E-state index in [0.717, 1.165) is 29.8 Å². The van der Waals surface area contributed by atoms with Gasteiger partial charge in [-0.2, -0.15) is 5.10 Å². The lowest BCUT2D eigenvalue weighted by atomic mass is 10.1. The van der Waals surface area contributed by atoms with E-state index < -0.39 is 5.97 Å². The van der Waals surface area contributed by atoms with Gasteiger partial charge in [0.15, 0.2) is 12.3 Å². The zero-order chi connectivity index (χ0) is 20.2. The molecule has 29 heavy (non-hydrogen) atoms. The molecule has 0 radical (unpaired) electrons. The Kier molecular flexibility index (Phi) is 5.42. The smallest absolute Gasteiger partial charge is 0.357 e. The number of esters is 1. The number of hydrogen-bond donors (Lipinski definition) is 1. The summed E-state index contributed by atoms with van der Waals surface area (Å²) < 4.78 is 6.89. The lowest BCUT2D eigenvalue weighted by Crippen LogP contribution is -2.31. The Morgan fingerprint density at radius 2 is 1.76 bits per heavy atom. The number of hydrogen-bond acceptors (Lipinski definition) is 4. The third kappa shape index (κ3) is 4.54. The number of nitrogens with zero attached hydrogens (tertiary/aromatic N) is 2. The molecule has 0 spiro atoms. The van der Waals surface area contributed by atoms with E-state index in [2.05, 4.69) is 10.4 Å². The van der Waals surface area contributed by atoms with Gasteiger partial charge in [-0.3, -0.25) is 4.79 Å². The molecule has 148 valence electrons. The first kappa shape index (κ1) is 18.9. The second-order valence-corrected chi connectivity index (χ2v) is 7.25. The number of carbonyl (C=O) groups excluding carboxylic acids is 2. The van der Waals surface area contributed by atoms with Crippen LogP contribution < -0.4 is 5.32 Å². The minimum Gasteiger partial charge on any atom is -0.451 e. The van der Waals surface area contributed by atoms with Crippen LogP contribution in [0.2, 0.25) is 0 Å². The molecule has 0 aliphatic heterocycles. The van der Waals surface area contributed by atoms with Gasteiger partial charge in [0.1, 0.15) is 0 Å². The van der Waals surface area contributed by atoms with Crippen LogP contribution in [0.1, 0.15) is 53.5 Å². The molecule has 1 unspecified atom stereocenters. The van der Waals surface area contributed by atoms with Gasteiger partial charge in [0.25, 0.3) is 5.91 Å². The van der Waals surface area contributed by atoms with Gasteiger partial charge in [0.2, 0.25) is 0 Å². The summed E-state index contributed by atoms with van der Waals surface area (Å²) in [7, 11) is 0. The van der Waals surface area contributed by atoms with Crippen LogP contribution in [0, 0.1) is 0 Å². The molecule has 1 amide bonds. The van der Waals surface area contributed by atoms with E-state index in [4.69, 9.17) is 4.74 Å². The Morgan fingerprint density at radius 1 is 1.10 bits per heavy atom. The summed E-state index contributed by atoms with van der Waals surface area (Å²) in [5, 5.41) is 7.44. The molecule has 0 bridgehead atoms. The lowest BCUT2D eigenvalue weighted by Gasteiger charge is -2.14. The highest BCUT2D eigenvalue weighted by atomic mass is 16.5. The number of rotatable bonds is 7. The summed E-state index contributed by atoms with van der Waals surface area (Å²) in [6, 6.07) is 20.7. The summed E-state index contributed by atoms with van der Waals surface area (Å²) in [5.74, 6) is -0.500.